The summed E-state index contributed by atoms with van der Waals surface area (Å²) in [5.74, 6) is 0. The molecule has 2 aromatic carbocycles. The van der Waals surface area contributed by atoms with Crippen molar-refractivity contribution in [3.05, 3.63) is 59.9 Å². The molecule has 0 unspecified atom stereocenters. The predicted octanol–water partition coefficient (Wildman–Crippen LogP) is 3.49. The Balaban J connectivity index is 1.80. The molecule has 0 radical (unpaired) electrons. The Labute approximate surface area is 112 Å². The number of anilines is 1. The first-order chi connectivity index (χ1) is 9.22. The van der Waals surface area contributed by atoms with E-state index in [4.69, 9.17) is 0 Å². The molecule has 19 heavy (non-hydrogen) atoms. The average Bonchev–Trinajstić information content (AvgIpc) is 2.74. The van der Waals surface area contributed by atoms with E-state index in [-0.39, 0.29) is 0 Å². The van der Waals surface area contributed by atoms with Gasteiger partial charge in [-0.2, -0.15) is 5.10 Å². The van der Waals surface area contributed by atoms with Crippen LogP contribution in [0.2, 0.25) is 0 Å². The van der Waals surface area contributed by atoms with Gasteiger partial charge in [-0.3, -0.25) is 4.68 Å². The van der Waals surface area contributed by atoms with Crippen LogP contribution in [0.15, 0.2) is 48.7 Å². The van der Waals surface area contributed by atoms with Crippen molar-refractivity contribution < 1.29 is 0 Å². The van der Waals surface area contributed by atoms with Crippen LogP contribution < -0.4 is 5.32 Å². The van der Waals surface area contributed by atoms with E-state index in [0.717, 1.165) is 17.9 Å². The van der Waals surface area contributed by atoms with Gasteiger partial charge in [-0.25, -0.2) is 0 Å². The minimum Gasteiger partial charge on any atom is -0.378 e. The van der Waals surface area contributed by atoms with E-state index in [1.165, 1.54) is 16.3 Å². The first kappa shape index (κ1) is 11.8. The summed E-state index contributed by atoms with van der Waals surface area (Å²) in [4.78, 5) is 0. The zero-order valence-electron chi connectivity index (χ0n) is 11.2. The number of nitrogens with zero attached hydrogens (tertiary/aromatic N) is 2. The molecule has 0 aliphatic heterocycles. The lowest BCUT2D eigenvalue weighted by atomic mass is 10.1. The summed E-state index contributed by atoms with van der Waals surface area (Å²) in [6.45, 7) is 2.83. The Hall–Kier alpha value is -2.29. The van der Waals surface area contributed by atoms with E-state index in [1.54, 1.807) is 0 Å². The highest BCUT2D eigenvalue weighted by atomic mass is 15.3. The average molecular weight is 251 g/mol. The Morgan fingerprint density at radius 2 is 1.89 bits per heavy atom. The zero-order valence-corrected chi connectivity index (χ0v) is 11.2. The lowest BCUT2D eigenvalue weighted by Gasteiger charge is -2.06. The van der Waals surface area contributed by atoms with Gasteiger partial charge in [0, 0.05) is 19.8 Å². The zero-order chi connectivity index (χ0) is 13.2. The van der Waals surface area contributed by atoms with Crippen LogP contribution in [0.25, 0.3) is 10.8 Å². The normalized spacial score (nSPS) is 10.8. The predicted molar refractivity (Wildman–Crippen MR) is 79.2 cm³/mol. The summed E-state index contributed by atoms with van der Waals surface area (Å²) in [5, 5.41) is 10.3. The summed E-state index contributed by atoms with van der Waals surface area (Å²) < 4.78 is 1.83. The van der Waals surface area contributed by atoms with Gasteiger partial charge in [0.25, 0.3) is 0 Å². The second kappa shape index (κ2) is 4.76. The molecule has 3 heteroatoms. The Morgan fingerprint density at radius 1 is 1.11 bits per heavy atom. The van der Waals surface area contributed by atoms with Gasteiger partial charge in [0.15, 0.2) is 0 Å². The maximum atomic E-state index is 4.33. The van der Waals surface area contributed by atoms with Crippen molar-refractivity contribution >= 4 is 16.5 Å². The maximum absolute atomic E-state index is 4.33. The maximum Gasteiger partial charge on any atom is 0.0825 e. The topological polar surface area (TPSA) is 29.9 Å². The number of aromatic nitrogens is 2. The molecule has 0 amide bonds. The van der Waals surface area contributed by atoms with Crippen molar-refractivity contribution in [3.8, 4) is 0 Å². The van der Waals surface area contributed by atoms with Crippen molar-refractivity contribution in [1.82, 2.24) is 9.78 Å². The highest BCUT2D eigenvalue weighted by molar-refractivity contribution is 5.83. The Kier molecular flexibility index (Phi) is 2.95. The molecular weight excluding hydrogens is 234 g/mol. The van der Waals surface area contributed by atoms with Gasteiger partial charge in [0.2, 0.25) is 0 Å². The molecule has 0 bridgehead atoms. The minimum atomic E-state index is 0.817. The SMILES string of the molecule is Cc1nn(C)cc1NCc1ccc2ccccc2c1. The van der Waals surface area contributed by atoms with Crippen molar-refractivity contribution in [1.29, 1.82) is 0 Å². The molecule has 3 nitrogen and oxygen atoms in total. The molecule has 0 fully saturated rings. The Bertz CT molecular complexity index is 713. The molecule has 0 saturated carbocycles. The van der Waals surface area contributed by atoms with E-state index in [1.807, 2.05) is 24.9 Å². The van der Waals surface area contributed by atoms with Crippen LogP contribution >= 0.6 is 0 Å². The van der Waals surface area contributed by atoms with Crippen LogP contribution in [0.3, 0.4) is 0 Å². The lowest BCUT2D eigenvalue weighted by Crippen LogP contribution is -1.99. The van der Waals surface area contributed by atoms with Crippen molar-refractivity contribution in [2.45, 2.75) is 13.5 Å². The number of rotatable bonds is 3. The van der Waals surface area contributed by atoms with Crippen molar-refractivity contribution in [2.75, 3.05) is 5.32 Å². The quantitative estimate of drug-likeness (QED) is 0.772. The number of benzene rings is 2. The van der Waals surface area contributed by atoms with Gasteiger partial charge in [-0.05, 0) is 29.3 Å². The smallest absolute Gasteiger partial charge is 0.0825 e. The molecule has 1 aromatic heterocycles. The number of nitrogens with one attached hydrogen (secondary N) is 1. The van der Waals surface area contributed by atoms with Crippen LogP contribution in [0.4, 0.5) is 5.69 Å². The Morgan fingerprint density at radius 3 is 2.63 bits per heavy atom. The standard InChI is InChI=1S/C16H17N3/c1-12-16(11-19(2)18-12)17-10-13-7-8-14-5-3-4-6-15(14)9-13/h3-9,11,17H,10H2,1-2H3. The molecule has 0 aliphatic rings. The van der Waals surface area contributed by atoms with E-state index < -0.39 is 0 Å². The van der Waals surface area contributed by atoms with Gasteiger partial charge in [-0.15, -0.1) is 0 Å². The van der Waals surface area contributed by atoms with E-state index >= 15 is 0 Å². The summed E-state index contributed by atoms with van der Waals surface area (Å²) in [7, 11) is 1.94. The van der Waals surface area contributed by atoms with Gasteiger partial charge in [0.05, 0.1) is 11.4 Å². The van der Waals surface area contributed by atoms with Crippen LogP contribution in [-0.2, 0) is 13.6 Å². The van der Waals surface area contributed by atoms with Gasteiger partial charge in [0.1, 0.15) is 0 Å². The molecule has 3 aromatic rings. The molecule has 3 rings (SSSR count). The fraction of sp³-hybridized carbons (Fsp3) is 0.188. The van der Waals surface area contributed by atoms with Gasteiger partial charge >= 0.3 is 0 Å². The van der Waals surface area contributed by atoms with Crippen LogP contribution in [0.5, 0.6) is 0 Å². The minimum absolute atomic E-state index is 0.817. The first-order valence-electron chi connectivity index (χ1n) is 6.44. The van der Waals surface area contributed by atoms with E-state index in [9.17, 15) is 0 Å². The number of aryl methyl sites for hydroxylation is 2. The molecule has 0 aliphatic carbocycles. The van der Waals surface area contributed by atoms with Gasteiger partial charge < -0.3 is 5.32 Å². The van der Waals surface area contributed by atoms with Crippen LogP contribution in [-0.4, -0.2) is 9.78 Å². The molecular formula is C16H17N3. The summed E-state index contributed by atoms with van der Waals surface area (Å²) in [6.07, 6.45) is 2.01. The lowest BCUT2D eigenvalue weighted by molar-refractivity contribution is 0.756. The largest absolute Gasteiger partial charge is 0.378 e. The fourth-order valence-corrected chi connectivity index (χ4v) is 2.32. The van der Waals surface area contributed by atoms with Crippen LogP contribution in [0.1, 0.15) is 11.3 Å². The molecule has 1 heterocycles. The third-order valence-corrected chi connectivity index (χ3v) is 3.31. The fourth-order valence-electron chi connectivity index (χ4n) is 2.32. The van der Waals surface area contributed by atoms with Crippen molar-refractivity contribution in [2.24, 2.45) is 7.05 Å². The van der Waals surface area contributed by atoms with Gasteiger partial charge in [-0.1, -0.05) is 36.4 Å². The third-order valence-electron chi connectivity index (χ3n) is 3.31. The summed E-state index contributed by atoms with van der Waals surface area (Å²) in [5.41, 5.74) is 3.40. The second-order valence-corrected chi connectivity index (χ2v) is 4.84. The molecule has 1 N–H and O–H groups in total. The first-order valence-corrected chi connectivity index (χ1v) is 6.44. The molecule has 96 valence electrons. The molecule has 0 spiro atoms. The van der Waals surface area contributed by atoms with Crippen molar-refractivity contribution in [3.63, 3.8) is 0 Å². The highest BCUT2D eigenvalue weighted by Crippen LogP contribution is 2.17. The second-order valence-electron chi connectivity index (χ2n) is 4.84. The number of fused-ring (bicyclic) bond motifs is 1. The summed E-state index contributed by atoms with van der Waals surface area (Å²) in [6, 6.07) is 15.0. The van der Waals surface area contributed by atoms with E-state index in [2.05, 4.69) is 52.9 Å². The van der Waals surface area contributed by atoms with E-state index in [0.29, 0.717) is 0 Å². The number of hydrogen-bond acceptors (Lipinski definition) is 2. The molecule has 0 atom stereocenters. The third kappa shape index (κ3) is 2.45. The monoisotopic (exact) mass is 251 g/mol. The molecule has 0 saturated heterocycles. The highest BCUT2D eigenvalue weighted by Gasteiger charge is 2.02. The van der Waals surface area contributed by atoms with Crippen LogP contribution in [0, 0.1) is 6.92 Å². The number of hydrogen-bond donors (Lipinski definition) is 1. The summed E-state index contributed by atoms with van der Waals surface area (Å²) >= 11 is 0.